The second kappa shape index (κ2) is 13.9. The van der Waals surface area contributed by atoms with Crippen molar-refractivity contribution in [1.29, 1.82) is 0 Å². The van der Waals surface area contributed by atoms with Gasteiger partial charge in [-0.25, -0.2) is 0 Å². The molecule has 4 fully saturated rings. The van der Waals surface area contributed by atoms with E-state index in [9.17, 15) is 24.3 Å². The van der Waals surface area contributed by atoms with Crippen LogP contribution in [0.3, 0.4) is 0 Å². The molecule has 0 bridgehead atoms. The summed E-state index contributed by atoms with van der Waals surface area (Å²) in [5.74, 6) is -0.191. The molecular weight excluding hydrogens is 700 g/mol. The van der Waals surface area contributed by atoms with Gasteiger partial charge in [0.05, 0.1) is 28.6 Å². The number of esters is 1. The van der Waals surface area contributed by atoms with E-state index in [2.05, 4.69) is 64.8 Å². The molecule has 54 heavy (non-hydrogen) atoms. The topological polar surface area (TPSA) is 123 Å². The molecule has 0 spiro atoms. The van der Waals surface area contributed by atoms with E-state index in [1.165, 1.54) is 5.57 Å². The van der Waals surface area contributed by atoms with Gasteiger partial charge in [-0.1, -0.05) is 66.1 Å². The number of aromatic nitrogens is 1. The molecule has 8 nitrogen and oxygen atoms in total. The minimum Gasteiger partial charge on any atom is -0.481 e. The normalized spacial score (nSPS) is 36.6. The number of nitrogens with one attached hydrogen (secondary N) is 1. The lowest BCUT2D eigenvalue weighted by Gasteiger charge is -2.72. The van der Waals surface area contributed by atoms with E-state index in [1.54, 1.807) is 32.2 Å². The smallest absolute Gasteiger partial charge is 0.309 e. The van der Waals surface area contributed by atoms with Crippen molar-refractivity contribution in [1.82, 2.24) is 10.3 Å². The van der Waals surface area contributed by atoms with Crippen LogP contribution in [0.1, 0.15) is 145 Å². The molecule has 9 atom stereocenters. The molecule has 0 aliphatic heterocycles. The fraction of sp³-hybridized carbons (Fsp3) is 0.711. The third-order valence-corrected chi connectivity index (χ3v) is 16.2. The van der Waals surface area contributed by atoms with Crippen molar-refractivity contribution in [3.05, 3.63) is 52.3 Å². The van der Waals surface area contributed by atoms with Crippen LogP contribution in [0.15, 0.2) is 41.6 Å². The second-order valence-electron chi connectivity index (χ2n) is 20.0. The highest BCUT2D eigenvalue weighted by Crippen LogP contribution is 2.77. The van der Waals surface area contributed by atoms with Gasteiger partial charge >= 0.3 is 11.9 Å². The summed E-state index contributed by atoms with van der Waals surface area (Å²) in [4.78, 5) is 56.6. The molecule has 2 N–H and O–H groups in total. The summed E-state index contributed by atoms with van der Waals surface area (Å²) in [6, 6.07) is 3.30. The van der Waals surface area contributed by atoms with Crippen LogP contribution in [0.4, 0.5) is 0 Å². The van der Waals surface area contributed by atoms with Gasteiger partial charge in [0.15, 0.2) is 5.78 Å². The molecule has 1 amide bonds. The molecule has 0 aromatic carbocycles. The Balaban J connectivity index is 1.26. The molecule has 296 valence electrons. The van der Waals surface area contributed by atoms with E-state index in [4.69, 9.17) is 16.3 Å². The van der Waals surface area contributed by atoms with Crippen LogP contribution in [0, 0.1) is 56.2 Å². The number of pyridine rings is 1. The largest absolute Gasteiger partial charge is 0.481 e. The zero-order chi connectivity index (χ0) is 39.8. The molecule has 0 radical (unpaired) electrons. The van der Waals surface area contributed by atoms with Crippen molar-refractivity contribution in [3.63, 3.8) is 0 Å². The molecule has 1 aromatic heterocycles. The van der Waals surface area contributed by atoms with E-state index in [1.807, 2.05) is 13.0 Å². The maximum absolute atomic E-state index is 14.0. The fourth-order valence-corrected chi connectivity index (χ4v) is 13.0. The van der Waals surface area contributed by atoms with E-state index in [0.717, 1.165) is 62.6 Å². The van der Waals surface area contributed by atoms with Crippen LogP contribution in [-0.2, 0) is 23.9 Å². The Morgan fingerprint density at radius 2 is 1.69 bits per heavy atom. The standard InChI is InChI=1S/C45H63ClN2O6/c1-26(2)37-31(49)23-45(20-17-35(50)48-27(3)30-13-11-28(46)25-47-30)22-21-43(9)29(38(37)45)12-14-33-42(8)18-16-34(54-36(51)24-40(4,5)39(52)53)41(6,7)32(42)15-19-44(33,43)10/h11,13,17,20,25-27,29,32-34H,12,14-16,18-19,21-24H2,1-10H3,(H,48,50)(H,52,53)/b20-17+/t27-,29+,32+,33?,34?,42-,43+,44+,45?/m0/s1. The van der Waals surface area contributed by atoms with Crippen molar-refractivity contribution >= 4 is 35.2 Å². The van der Waals surface area contributed by atoms with Crippen molar-refractivity contribution in [2.75, 3.05) is 0 Å². The zero-order valence-corrected chi connectivity index (χ0v) is 35.0. The van der Waals surface area contributed by atoms with Gasteiger partial charge in [0.25, 0.3) is 0 Å². The highest BCUT2D eigenvalue weighted by atomic mass is 35.5. The molecule has 0 saturated heterocycles. The number of aliphatic carboxylic acids is 1. The number of ketones is 1. The van der Waals surface area contributed by atoms with Crippen LogP contribution < -0.4 is 5.32 Å². The molecule has 4 saturated carbocycles. The lowest BCUT2D eigenvalue weighted by molar-refractivity contribution is -0.232. The summed E-state index contributed by atoms with van der Waals surface area (Å²) in [6.45, 7) is 21.5. The maximum Gasteiger partial charge on any atom is 0.309 e. The number of hydrogen-bond donors (Lipinski definition) is 2. The molecule has 6 rings (SSSR count). The lowest BCUT2D eigenvalue weighted by atomic mass is 9.33. The van der Waals surface area contributed by atoms with Crippen LogP contribution in [0.2, 0.25) is 5.02 Å². The third kappa shape index (κ3) is 6.48. The number of rotatable bonds is 9. The zero-order valence-electron chi connectivity index (χ0n) is 34.2. The average Bonchev–Trinajstić information content (AvgIpc) is 3.37. The number of carbonyl (C=O) groups is 4. The highest BCUT2D eigenvalue weighted by Gasteiger charge is 2.70. The predicted molar refractivity (Wildman–Crippen MR) is 210 cm³/mol. The Hall–Kier alpha value is -3.00. The number of ether oxygens (including phenoxy) is 1. The molecular formula is C45H63ClN2O6. The molecule has 5 aliphatic rings. The molecule has 9 heteroatoms. The summed E-state index contributed by atoms with van der Waals surface area (Å²) in [5, 5.41) is 13.2. The SMILES string of the molecule is CC(C)C1=C2[C@H]3CCC4[C@@]5(C)CCC(OC(=O)CC(C)(C)C(=O)O)C(C)(C)[C@H]5CC[C@@]4(C)[C@]3(C)CCC2(/C=C/C(=O)N[C@@H](C)c2ccc(Cl)cn2)CC1=O. The van der Waals surface area contributed by atoms with Gasteiger partial charge in [0, 0.05) is 23.4 Å². The number of fused-ring (bicyclic) bond motifs is 7. The highest BCUT2D eigenvalue weighted by molar-refractivity contribution is 6.30. The summed E-state index contributed by atoms with van der Waals surface area (Å²) in [7, 11) is 0. The van der Waals surface area contributed by atoms with Gasteiger partial charge in [-0.3, -0.25) is 24.2 Å². The van der Waals surface area contributed by atoms with Gasteiger partial charge < -0.3 is 15.2 Å². The minimum absolute atomic E-state index is 0.0196. The number of hydrogen-bond acceptors (Lipinski definition) is 6. The summed E-state index contributed by atoms with van der Waals surface area (Å²) < 4.78 is 6.16. The van der Waals surface area contributed by atoms with Gasteiger partial charge in [0.1, 0.15) is 6.10 Å². The number of carbonyl (C=O) groups excluding carboxylic acids is 3. The van der Waals surface area contributed by atoms with Crippen molar-refractivity contribution in [3.8, 4) is 0 Å². The number of nitrogens with zero attached hydrogens (tertiary/aromatic N) is 1. The monoisotopic (exact) mass is 762 g/mol. The van der Waals surface area contributed by atoms with E-state index in [-0.39, 0.29) is 63.8 Å². The average molecular weight is 763 g/mol. The van der Waals surface area contributed by atoms with Crippen LogP contribution in [0.25, 0.3) is 0 Å². The number of allylic oxidation sites excluding steroid dienone is 3. The number of halogens is 1. The summed E-state index contributed by atoms with van der Waals surface area (Å²) >= 11 is 6.03. The van der Waals surface area contributed by atoms with Crippen molar-refractivity contribution < 1.29 is 29.0 Å². The van der Waals surface area contributed by atoms with Crippen LogP contribution in [-0.4, -0.2) is 39.8 Å². The van der Waals surface area contributed by atoms with E-state index >= 15 is 0 Å². The quantitative estimate of drug-likeness (QED) is 0.190. The van der Waals surface area contributed by atoms with Gasteiger partial charge in [-0.05, 0) is 141 Å². The Labute approximate surface area is 327 Å². The second-order valence-corrected chi connectivity index (χ2v) is 20.5. The fourth-order valence-electron chi connectivity index (χ4n) is 12.9. The number of carboxylic acid groups (broad SMARTS) is 1. The lowest BCUT2D eigenvalue weighted by Crippen LogP contribution is -2.65. The van der Waals surface area contributed by atoms with Crippen molar-refractivity contribution in [2.45, 2.75) is 146 Å². The Morgan fingerprint density at radius 1 is 0.981 bits per heavy atom. The van der Waals surface area contributed by atoms with E-state index < -0.39 is 22.8 Å². The van der Waals surface area contributed by atoms with Gasteiger partial charge in [-0.2, -0.15) is 0 Å². The van der Waals surface area contributed by atoms with Crippen LogP contribution in [0.5, 0.6) is 0 Å². The van der Waals surface area contributed by atoms with Gasteiger partial charge in [-0.15, -0.1) is 0 Å². The molecule has 3 unspecified atom stereocenters. The first-order valence-electron chi connectivity index (χ1n) is 20.3. The Bertz CT molecular complexity index is 1760. The Morgan fingerprint density at radius 3 is 2.31 bits per heavy atom. The maximum atomic E-state index is 14.0. The summed E-state index contributed by atoms with van der Waals surface area (Å²) in [5.41, 5.74) is 1.22. The molecule has 1 aromatic rings. The molecule has 5 aliphatic carbocycles. The number of amides is 1. The van der Waals surface area contributed by atoms with Crippen LogP contribution >= 0.6 is 11.6 Å². The third-order valence-electron chi connectivity index (χ3n) is 16.0. The van der Waals surface area contributed by atoms with E-state index in [0.29, 0.717) is 23.3 Å². The van der Waals surface area contributed by atoms with Crippen molar-refractivity contribution in [2.24, 2.45) is 56.2 Å². The first-order valence-corrected chi connectivity index (χ1v) is 20.7. The number of carboxylic acids is 1. The minimum atomic E-state index is -1.17. The van der Waals surface area contributed by atoms with Gasteiger partial charge in [0.2, 0.25) is 5.91 Å². The Kier molecular flexibility index (Phi) is 10.5. The number of Topliss-reactive ketones (excluding diaryl/α,β-unsaturated/α-hetero) is 1. The molecule has 1 heterocycles. The summed E-state index contributed by atoms with van der Waals surface area (Å²) in [6.07, 6.45) is 13.1. The first-order chi connectivity index (χ1) is 25.0. The first kappa shape index (κ1) is 40.7. The predicted octanol–water partition coefficient (Wildman–Crippen LogP) is 9.86.